The predicted molar refractivity (Wildman–Crippen MR) is 118 cm³/mol. The van der Waals surface area contributed by atoms with Gasteiger partial charge in [0.15, 0.2) is 0 Å². The van der Waals surface area contributed by atoms with Crippen molar-refractivity contribution in [2.24, 2.45) is 0 Å². The third kappa shape index (κ3) is 3.56. The highest BCUT2D eigenvalue weighted by Gasteiger charge is 2.18. The van der Waals surface area contributed by atoms with E-state index in [-0.39, 0.29) is 0 Å². The predicted octanol–water partition coefficient (Wildman–Crippen LogP) is 5.77. The number of imidazole rings is 1. The molecule has 0 aliphatic heterocycles. The SMILES string of the molecule is CCOc1ccc(-c2nc3nc(C)cc(C)n3c2Nc2c(C)cccc2C)cc1. The Morgan fingerprint density at radius 2 is 1.62 bits per heavy atom. The second-order valence-corrected chi connectivity index (χ2v) is 7.33. The summed E-state index contributed by atoms with van der Waals surface area (Å²) in [6.07, 6.45) is 0. The van der Waals surface area contributed by atoms with Gasteiger partial charge in [-0.05, 0) is 76.1 Å². The fourth-order valence-electron chi connectivity index (χ4n) is 3.70. The summed E-state index contributed by atoms with van der Waals surface area (Å²) in [6.45, 7) is 10.9. The first-order valence-corrected chi connectivity index (χ1v) is 9.91. The molecule has 0 radical (unpaired) electrons. The molecule has 0 saturated carbocycles. The van der Waals surface area contributed by atoms with Crippen LogP contribution in [0.4, 0.5) is 11.5 Å². The molecule has 0 bridgehead atoms. The lowest BCUT2D eigenvalue weighted by Gasteiger charge is -2.15. The van der Waals surface area contributed by atoms with Gasteiger partial charge in [0, 0.05) is 22.6 Å². The smallest absolute Gasteiger partial charge is 0.236 e. The minimum Gasteiger partial charge on any atom is -0.494 e. The molecule has 0 fully saturated rings. The minimum atomic E-state index is 0.648. The summed E-state index contributed by atoms with van der Waals surface area (Å²) < 4.78 is 7.68. The number of para-hydroxylation sites is 1. The molecular weight excluding hydrogens is 360 g/mol. The standard InChI is InChI=1S/C24H26N4O/c1-6-29-20-12-10-19(11-13-20)22-23(26-21-15(2)8-7-9-16(21)3)28-18(5)14-17(4)25-24(28)27-22/h7-14,26H,6H2,1-5H3. The van der Waals surface area contributed by atoms with E-state index in [0.717, 1.165) is 39.9 Å². The lowest BCUT2D eigenvalue weighted by atomic mass is 10.1. The Hall–Kier alpha value is -3.34. The number of rotatable bonds is 5. The van der Waals surface area contributed by atoms with Crippen LogP contribution in [-0.2, 0) is 0 Å². The molecule has 2 heterocycles. The molecule has 1 N–H and O–H groups in total. The molecule has 29 heavy (non-hydrogen) atoms. The fourth-order valence-corrected chi connectivity index (χ4v) is 3.70. The summed E-state index contributed by atoms with van der Waals surface area (Å²) in [7, 11) is 0. The third-order valence-electron chi connectivity index (χ3n) is 5.07. The first kappa shape index (κ1) is 19.0. The maximum absolute atomic E-state index is 5.59. The average Bonchev–Trinajstić information content (AvgIpc) is 3.04. The van der Waals surface area contributed by atoms with Crippen LogP contribution in [0.5, 0.6) is 5.75 Å². The van der Waals surface area contributed by atoms with Gasteiger partial charge in [0.2, 0.25) is 5.78 Å². The largest absolute Gasteiger partial charge is 0.494 e. The Balaban J connectivity index is 1.92. The Kier molecular flexibility index (Phi) is 4.97. The molecular formula is C24H26N4O. The van der Waals surface area contributed by atoms with Crippen molar-refractivity contribution in [2.75, 3.05) is 11.9 Å². The van der Waals surface area contributed by atoms with E-state index < -0.39 is 0 Å². The van der Waals surface area contributed by atoms with Crippen molar-refractivity contribution in [1.82, 2.24) is 14.4 Å². The van der Waals surface area contributed by atoms with E-state index in [1.54, 1.807) is 0 Å². The average molecular weight is 386 g/mol. The van der Waals surface area contributed by atoms with Gasteiger partial charge in [-0.25, -0.2) is 9.97 Å². The molecule has 4 aromatic rings. The first-order chi connectivity index (χ1) is 14.0. The van der Waals surface area contributed by atoms with Gasteiger partial charge in [-0.3, -0.25) is 4.40 Å². The Morgan fingerprint density at radius 1 is 0.931 bits per heavy atom. The molecule has 2 aromatic heterocycles. The van der Waals surface area contributed by atoms with Crippen molar-refractivity contribution in [2.45, 2.75) is 34.6 Å². The molecule has 0 aliphatic carbocycles. The summed E-state index contributed by atoms with van der Waals surface area (Å²) >= 11 is 0. The number of aryl methyl sites for hydroxylation is 4. The molecule has 5 nitrogen and oxygen atoms in total. The number of benzene rings is 2. The minimum absolute atomic E-state index is 0.648. The second kappa shape index (κ2) is 7.59. The quantitative estimate of drug-likeness (QED) is 0.473. The summed E-state index contributed by atoms with van der Waals surface area (Å²) in [5.74, 6) is 2.47. The van der Waals surface area contributed by atoms with Gasteiger partial charge in [-0.1, -0.05) is 18.2 Å². The maximum Gasteiger partial charge on any atom is 0.236 e. The van der Waals surface area contributed by atoms with Gasteiger partial charge in [0.05, 0.1) is 6.61 Å². The maximum atomic E-state index is 5.59. The molecule has 5 heteroatoms. The van der Waals surface area contributed by atoms with Crippen LogP contribution in [-0.4, -0.2) is 21.0 Å². The molecule has 0 unspecified atom stereocenters. The van der Waals surface area contributed by atoms with Gasteiger partial charge >= 0.3 is 0 Å². The molecule has 2 aromatic carbocycles. The molecule has 148 valence electrons. The summed E-state index contributed by atoms with van der Waals surface area (Å²) in [5.41, 5.74) is 7.41. The van der Waals surface area contributed by atoms with Crippen LogP contribution in [0.15, 0.2) is 48.5 Å². The number of nitrogens with one attached hydrogen (secondary N) is 1. The van der Waals surface area contributed by atoms with E-state index in [9.17, 15) is 0 Å². The zero-order chi connectivity index (χ0) is 20.5. The van der Waals surface area contributed by atoms with Crippen molar-refractivity contribution in [1.29, 1.82) is 0 Å². The van der Waals surface area contributed by atoms with Gasteiger partial charge in [0.25, 0.3) is 0 Å². The number of hydrogen-bond donors (Lipinski definition) is 1. The summed E-state index contributed by atoms with van der Waals surface area (Å²) in [4.78, 5) is 9.55. The topological polar surface area (TPSA) is 51.5 Å². The second-order valence-electron chi connectivity index (χ2n) is 7.33. The Labute approximate surface area is 171 Å². The van der Waals surface area contributed by atoms with Crippen LogP contribution >= 0.6 is 0 Å². The fraction of sp³-hybridized carbons (Fsp3) is 0.250. The number of ether oxygens (including phenoxy) is 1. The van der Waals surface area contributed by atoms with E-state index in [2.05, 4.69) is 59.7 Å². The molecule has 0 saturated heterocycles. The normalized spacial score (nSPS) is 11.1. The summed E-state index contributed by atoms with van der Waals surface area (Å²) in [5, 5.41) is 3.66. The Morgan fingerprint density at radius 3 is 2.28 bits per heavy atom. The van der Waals surface area contributed by atoms with Crippen LogP contribution in [0.1, 0.15) is 29.4 Å². The monoisotopic (exact) mass is 386 g/mol. The third-order valence-corrected chi connectivity index (χ3v) is 5.07. The van der Waals surface area contributed by atoms with Crippen LogP contribution in [0.25, 0.3) is 17.0 Å². The molecule has 0 aliphatic rings. The van der Waals surface area contributed by atoms with Crippen molar-refractivity contribution in [3.63, 3.8) is 0 Å². The van der Waals surface area contributed by atoms with E-state index in [1.165, 1.54) is 11.1 Å². The van der Waals surface area contributed by atoms with Crippen molar-refractivity contribution in [3.05, 3.63) is 71.0 Å². The van der Waals surface area contributed by atoms with Gasteiger partial charge < -0.3 is 10.1 Å². The van der Waals surface area contributed by atoms with E-state index in [1.807, 2.05) is 38.1 Å². The number of aromatic nitrogens is 3. The van der Waals surface area contributed by atoms with Crippen molar-refractivity contribution < 1.29 is 4.74 Å². The lowest BCUT2D eigenvalue weighted by molar-refractivity contribution is 0.340. The highest BCUT2D eigenvalue weighted by molar-refractivity contribution is 5.81. The van der Waals surface area contributed by atoms with Crippen LogP contribution < -0.4 is 10.1 Å². The number of fused-ring (bicyclic) bond motifs is 1. The number of hydrogen-bond acceptors (Lipinski definition) is 4. The molecule has 0 atom stereocenters. The molecule has 0 spiro atoms. The molecule has 0 amide bonds. The van der Waals surface area contributed by atoms with Crippen molar-refractivity contribution in [3.8, 4) is 17.0 Å². The van der Waals surface area contributed by atoms with Crippen LogP contribution in [0, 0.1) is 27.7 Å². The van der Waals surface area contributed by atoms with Crippen LogP contribution in [0.2, 0.25) is 0 Å². The first-order valence-electron chi connectivity index (χ1n) is 9.91. The summed E-state index contributed by atoms with van der Waals surface area (Å²) in [6, 6.07) is 16.4. The van der Waals surface area contributed by atoms with E-state index in [4.69, 9.17) is 9.72 Å². The Bertz CT molecular complexity index is 1160. The van der Waals surface area contributed by atoms with Crippen molar-refractivity contribution >= 4 is 17.3 Å². The highest BCUT2D eigenvalue weighted by atomic mass is 16.5. The number of anilines is 2. The highest BCUT2D eigenvalue weighted by Crippen LogP contribution is 2.34. The van der Waals surface area contributed by atoms with Gasteiger partial charge in [0.1, 0.15) is 17.3 Å². The zero-order valence-corrected chi connectivity index (χ0v) is 17.6. The lowest BCUT2D eigenvalue weighted by Crippen LogP contribution is -2.03. The van der Waals surface area contributed by atoms with Crippen LogP contribution in [0.3, 0.4) is 0 Å². The van der Waals surface area contributed by atoms with Gasteiger partial charge in [-0.2, -0.15) is 0 Å². The molecule has 4 rings (SSSR count). The van der Waals surface area contributed by atoms with E-state index >= 15 is 0 Å². The number of nitrogens with zero attached hydrogens (tertiary/aromatic N) is 3. The van der Waals surface area contributed by atoms with Gasteiger partial charge in [-0.15, -0.1) is 0 Å². The zero-order valence-electron chi connectivity index (χ0n) is 17.6. The van der Waals surface area contributed by atoms with E-state index in [0.29, 0.717) is 12.4 Å².